The number of aromatic amines is 1. The van der Waals surface area contributed by atoms with E-state index in [2.05, 4.69) is 10.3 Å². The summed E-state index contributed by atoms with van der Waals surface area (Å²) in [4.78, 5) is 26.8. The van der Waals surface area contributed by atoms with Crippen molar-refractivity contribution in [1.82, 2.24) is 9.71 Å². The molecule has 9 heteroatoms. The van der Waals surface area contributed by atoms with Gasteiger partial charge in [0.2, 0.25) is 5.91 Å². The minimum absolute atomic E-state index is 0.0476. The first-order chi connectivity index (χ1) is 12.3. The molecule has 0 spiro atoms. The molecule has 3 N–H and O–H groups in total. The number of sulfonamides is 1. The zero-order chi connectivity index (χ0) is 18.9. The van der Waals surface area contributed by atoms with Gasteiger partial charge in [-0.15, -0.1) is 0 Å². The molecule has 0 aliphatic rings. The van der Waals surface area contributed by atoms with Crippen LogP contribution in [0.15, 0.2) is 53.4 Å². The third kappa shape index (κ3) is 3.56. The predicted molar refractivity (Wildman–Crippen MR) is 98.7 cm³/mol. The Balaban J connectivity index is 2.04. The highest BCUT2D eigenvalue weighted by atomic mass is 35.5. The lowest BCUT2D eigenvalue weighted by Crippen LogP contribution is -2.31. The summed E-state index contributed by atoms with van der Waals surface area (Å²) in [7, 11) is -4.06. The van der Waals surface area contributed by atoms with Crippen molar-refractivity contribution in [3.8, 4) is 0 Å². The van der Waals surface area contributed by atoms with Crippen LogP contribution in [0.3, 0.4) is 0 Å². The van der Waals surface area contributed by atoms with Gasteiger partial charge in [-0.1, -0.05) is 29.8 Å². The molecular weight excluding hydrogens is 378 g/mol. The highest BCUT2D eigenvalue weighted by molar-refractivity contribution is 7.90. The van der Waals surface area contributed by atoms with Crippen LogP contribution < -0.4 is 10.0 Å². The predicted octanol–water partition coefficient (Wildman–Crippen LogP) is 2.90. The maximum atomic E-state index is 12.6. The number of carbonyl (C=O) groups is 2. The van der Waals surface area contributed by atoms with Gasteiger partial charge in [-0.2, -0.15) is 0 Å². The first-order valence-electron chi connectivity index (χ1n) is 7.49. The summed E-state index contributed by atoms with van der Waals surface area (Å²) in [6.07, 6.45) is 0. The van der Waals surface area contributed by atoms with Gasteiger partial charge in [0.05, 0.1) is 10.6 Å². The summed E-state index contributed by atoms with van der Waals surface area (Å²) in [5.74, 6) is -1.30. The number of carbonyl (C=O) groups excluding carboxylic acids is 2. The minimum Gasteiger partial charge on any atom is -0.349 e. The van der Waals surface area contributed by atoms with Crippen LogP contribution in [0.1, 0.15) is 17.4 Å². The van der Waals surface area contributed by atoms with Crippen molar-refractivity contribution in [2.45, 2.75) is 11.8 Å². The number of hydrogen-bond donors (Lipinski definition) is 3. The largest absolute Gasteiger partial charge is 0.349 e. The van der Waals surface area contributed by atoms with Crippen LogP contribution in [0, 0.1) is 0 Å². The summed E-state index contributed by atoms with van der Waals surface area (Å²) in [6, 6.07) is 12.3. The minimum atomic E-state index is -4.06. The number of aromatic nitrogens is 1. The molecule has 26 heavy (non-hydrogen) atoms. The first-order valence-corrected chi connectivity index (χ1v) is 9.35. The van der Waals surface area contributed by atoms with Gasteiger partial charge in [-0.05, 0) is 30.3 Å². The second-order valence-electron chi connectivity index (χ2n) is 5.49. The Morgan fingerprint density at radius 1 is 1.08 bits per heavy atom. The molecule has 0 unspecified atom stereocenters. The lowest BCUT2D eigenvalue weighted by atomic mass is 10.2. The molecule has 0 saturated carbocycles. The van der Waals surface area contributed by atoms with Crippen molar-refractivity contribution in [3.05, 3.63) is 59.2 Å². The Kier molecular flexibility index (Phi) is 4.71. The number of benzene rings is 2. The second kappa shape index (κ2) is 6.81. The van der Waals surface area contributed by atoms with Crippen LogP contribution in [-0.2, 0) is 14.8 Å². The number of rotatable bonds is 4. The zero-order valence-corrected chi connectivity index (χ0v) is 15.1. The number of anilines is 1. The van der Waals surface area contributed by atoms with Crippen molar-refractivity contribution >= 4 is 50.0 Å². The standard InChI is InChI=1S/C17H14ClN3O4S/c1-10(22)19-15-13-8-7-11(18)9-14(13)20-16(15)17(23)21-26(24,25)12-5-3-2-4-6-12/h2-9,20H,1H3,(H,19,22)(H,21,23). The molecule has 2 amide bonds. The molecule has 0 bridgehead atoms. The first kappa shape index (κ1) is 18.0. The molecule has 0 saturated heterocycles. The molecule has 0 fully saturated rings. The molecule has 0 aliphatic heterocycles. The lowest BCUT2D eigenvalue weighted by molar-refractivity contribution is -0.114. The number of H-pyrrole nitrogens is 1. The van der Waals surface area contributed by atoms with E-state index < -0.39 is 21.8 Å². The van der Waals surface area contributed by atoms with E-state index in [0.29, 0.717) is 15.9 Å². The van der Waals surface area contributed by atoms with E-state index in [9.17, 15) is 18.0 Å². The summed E-state index contributed by atoms with van der Waals surface area (Å²) in [5.41, 5.74) is 0.588. The van der Waals surface area contributed by atoms with Gasteiger partial charge in [-0.25, -0.2) is 13.1 Å². The van der Waals surface area contributed by atoms with E-state index in [1.54, 1.807) is 36.4 Å². The zero-order valence-electron chi connectivity index (χ0n) is 13.5. The highest BCUT2D eigenvalue weighted by Crippen LogP contribution is 2.30. The van der Waals surface area contributed by atoms with Crippen LogP contribution in [0.2, 0.25) is 5.02 Å². The fourth-order valence-electron chi connectivity index (χ4n) is 2.48. The third-order valence-corrected chi connectivity index (χ3v) is 5.15. The van der Waals surface area contributed by atoms with Crippen molar-refractivity contribution in [2.75, 3.05) is 5.32 Å². The molecule has 1 heterocycles. The van der Waals surface area contributed by atoms with Gasteiger partial charge in [0.15, 0.2) is 0 Å². The summed E-state index contributed by atoms with van der Waals surface area (Å²) in [6.45, 7) is 1.29. The number of halogens is 1. The van der Waals surface area contributed by atoms with Crippen molar-refractivity contribution in [1.29, 1.82) is 0 Å². The molecule has 7 nitrogen and oxygen atoms in total. The monoisotopic (exact) mass is 391 g/mol. The number of fused-ring (bicyclic) bond motifs is 1. The lowest BCUT2D eigenvalue weighted by Gasteiger charge is -2.08. The van der Waals surface area contributed by atoms with Gasteiger partial charge >= 0.3 is 0 Å². The van der Waals surface area contributed by atoms with Crippen LogP contribution in [0.25, 0.3) is 10.9 Å². The van der Waals surface area contributed by atoms with Crippen LogP contribution >= 0.6 is 11.6 Å². The van der Waals surface area contributed by atoms with E-state index >= 15 is 0 Å². The van der Waals surface area contributed by atoms with Crippen molar-refractivity contribution < 1.29 is 18.0 Å². The van der Waals surface area contributed by atoms with E-state index in [1.165, 1.54) is 19.1 Å². The molecule has 3 aromatic rings. The molecule has 0 atom stereocenters. The van der Waals surface area contributed by atoms with Gasteiger partial charge < -0.3 is 10.3 Å². The van der Waals surface area contributed by atoms with Crippen LogP contribution in [-0.4, -0.2) is 25.2 Å². The fraction of sp³-hybridized carbons (Fsp3) is 0.0588. The molecule has 2 aromatic carbocycles. The van der Waals surface area contributed by atoms with E-state index in [-0.39, 0.29) is 16.3 Å². The Hall–Kier alpha value is -2.84. The molecular formula is C17H14ClN3O4S. The van der Waals surface area contributed by atoms with E-state index in [4.69, 9.17) is 11.6 Å². The van der Waals surface area contributed by atoms with Crippen molar-refractivity contribution in [2.24, 2.45) is 0 Å². The average Bonchev–Trinajstić information content (AvgIpc) is 2.92. The maximum absolute atomic E-state index is 12.6. The Bertz CT molecular complexity index is 1110. The average molecular weight is 392 g/mol. The van der Waals surface area contributed by atoms with E-state index in [1.807, 2.05) is 4.72 Å². The van der Waals surface area contributed by atoms with Gasteiger partial charge in [0, 0.05) is 22.8 Å². The summed E-state index contributed by atoms with van der Waals surface area (Å²) >= 11 is 5.95. The smallest absolute Gasteiger partial charge is 0.283 e. The van der Waals surface area contributed by atoms with E-state index in [0.717, 1.165) is 0 Å². The summed E-state index contributed by atoms with van der Waals surface area (Å²) in [5, 5.41) is 3.52. The van der Waals surface area contributed by atoms with Gasteiger partial charge in [0.25, 0.3) is 15.9 Å². The highest BCUT2D eigenvalue weighted by Gasteiger charge is 2.24. The molecule has 1 aromatic heterocycles. The fourth-order valence-corrected chi connectivity index (χ4v) is 3.63. The second-order valence-corrected chi connectivity index (χ2v) is 7.61. The topological polar surface area (TPSA) is 108 Å². The molecule has 0 radical (unpaired) electrons. The quantitative estimate of drug-likeness (QED) is 0.635. The van der Waals surface area contributed by atoms with Gasteiger partial charge in [-0.3, -0.25) is 9.59 Å². The number of nitrogens with one attached hydrogen (secondary N) is 3. The maximum Gasteiger partial charge on any atom is 0.283 e. The number of amides is 2. The molecule has 3 rings (SSSR count). The van der Waals surface area contributed by atoms with Crippen LogP contribution in [0.4, 0.5) is 5.69 Å². The Labute approximate surface area is 154 Å². The molecule has 0 aliphatic carbocycles. The normalized spacial score (nSPS) is 11.3. The summed E-state index contributed by atoms with van der Waals surface area (Å²) < 4.78 is 26.7. The van der Waals surface area contributed by atoms with Crippen molar-refractivity contribution in [3.63, 3.8) is 0 Å². The Morgan fingerprint density at radius 3 is 2.42 bits per heavy atom. The number of hydrogen-bond acceptors (Lipinski definition) is 4. The Morgan fingerprint density at radius 2 is 1.77 bits per heavy atom. The van der Waals surface area contributed by atoms with Crippen LogP contribution in [0.5, 0.6) is 0 Å². The molecule has 134 valence electrons. The SMILES string of the molecule is CC(=O)Nc1c(C(=O)NS(=O)(=O)c2ccccc2)[nH]c2cc(Cl)ccc12. The third-order valence-electron chi connectivity index (χ3n) is 3.57. The van der Waals surface area contributed by atoms with Gasteiger partial charge in [0.1, 0.15) is 5.69 Å².